The smallest absolute Gasteiger partial charge is 0.306 e. The minimum atomic E-state index is -0.778. The van der Waals surface area contributed by atoms with E-state index in [4.69, 9.17) is 14.2 Å². The van der Waals surface area contributed by atoms with Crippen molar-refractivity contribution in [2.75, 3.05) is 13.2 Å². The van der Waals surface area contributed by atoms with Gasteiger partial charge in [0, 0.05) is 19.3 Å². The van der Waals surface area contributed by atoms with E-state index in [0.29, 0.717) is 19.3 Å². The van der Waals surface area contributed by atoms with E-state index in [1.54, 1.807) is 0 Å². The highest BCUT2D eigenvalue weighted by molar-refractivity contribution is 5.71. The van der Waals surface area contributed by atoms with Crippen molar-refractivity contribution < 1.29 is 28.6 Å². The number of carbonyl (C=O) groups is 3. The lowest BCUT2D eigenvalue weighted by Crippen LogP contribution is -2.30. The van der Waals surface area contributed by atoms with Crippen LogP contribution in [0.4, 0.5) is 0 Å². The van der Waals surface area contributed by atoms with Crippen LogP contribution in [-0.2, 0) is 28.6 Å². The average molecular weight is 785 g/mol. The van der Waals surface area contributed by atoms with Gasteiger partial charge in [0.25, 0.3) is 0 Å². The first kappa shape index (κ1) is 53.4. The second-order valence-corrected chi connectivity index (χ2v) is 15.6. The Bertz CT molecular complexity index is 996. The van der Waals surface area contributed by atoms with Gasteiger partial charge in [-0.1, -0.05) is 185 Å². The lowest BCUT2D eigenvalue weighted by Gasteiger charge is -2.18. The summed E-state index contributed by atoms with van der Waals surface area (Å²) in [5, 5.41) is 0. The largest absolute Gasteiger partial charge is 0.462 e. The fourth-order valence-corrected chi connectivity index (χ4v) is 6.51. The molecule has 0 spiro atoms. The Kier molecular flexibility index (Phi) is 43.0. The number of unbranched alkanes of at least 4 members (excludes halogenated alkanes) is 23. The van der Waals surface area contributed by atoms with E-state index in [-0.39, 0.29) is 31.1 Å². The van der Waals surface area contributed by atoms with Gasteiger partial charge in [0.15, 0.2) is 6.10 Å². The molecule has 0 aliphatic carbocycles. The quantitative estimate of drug-likeness (QED) is 0.0265. The standard InChI is InChI=1S/C50H88O6/c1-4-7-10-13-16-19-22-24-25-26-27-29-31-34-37-40-43-49(52)55-46-47(45-54-48(51)42-39-36-33-30-21-18-15-12-9-6-3)56-50(53)44-41-38-35-32-28-23-20-17-14-11-8-5-2/h7,10,16-17,19-20,24-25,47H,4-6,8-9,11-15,18,21-23,26-46H2,1-3H3/b10-7-,19-16-,20-17-,25-24-. The Hall–Kier alpha value is -2.63. The minimum absolute atomic E-state index is 0.0793. The van der Waals surface area contributed by atoms with Gasteiger partial charge in [-0.05, 0) is 77.0 Å². The normalized spacial score (nSPS) is 12.4. The molecular weight excluding hydrogens is 697 g/mol. The van der Waals surface area contributed by atoms with Gasteiger partial charge in [0.2, 0.25) is 0 Å². The number of carbonyl (C=O) groups excluding carboxylic acids is 3. The SMILES string of the molecule is CC/C=C\C/C=C\C/C=C\CCCCCCCCC(=O)OCC(COC(=O)CCCCCCCCCCCC)OC(=O)CCCCCCC/C=C\CCCCC. The summed E-state index contributed by atoms with van der Waals surface area (Å²) < 4.78 is 16.7. The van der Waals surface area contributed by atoms with Gasteiger partial charge in [-0.2, -0.15) is 0 Å². The van der Waals surface area contributed by atoms with E-state index in [9.17, 15) is 14.4 Å². The molecule has 0 bridgehead atoms. The van der Waals surface area contributed by atoms with E-state index in [1.165, 1.54) is 96.3 Å². The Morgan fingerprint density at radius 1 is 0.375 bits per heavy atom. The second-order valence-electron chi connectivity index (χ2n) is 15.6. The highest BCUT2D eigenvalue weighted by Gasteiger charge is 2.19. The number of hydrogen-bond donors (Lipinski definition) is 0. The molecule has 0 amide bonds. The molecule has 6 nitrogen and oxygen atoms in total. The fourth-order valence-electron chi connectivity index (χ4n) is 6.51. The average Bonchev–Trinajstić information content (AvgIpc) is 3.19. The fraction of sp³-hybridized carbons (Fsp3) is 0.780. The van der Waals surface area contributed by atoms with Crippen LogP contribution < -0.4 is 0 Å². The van der Waals surface area contributed by atoms with Crippen LogP contribution in [0, 0.1) is 0 Å². The molecule has 0 aromatic carbocycles. The maximum Gasteiger partial charge on any atom is 0.306 e. The summed E-state index contributed by atoms with van der Waals surface area (Å²) in [5.41, 5.74) is 0. The number of hydrogen-bond acceptors (Lipinski definition) is 6. The molecule has 0 aromatic rings. The van der Waals surface area contributed by atoms with Crippen molar-refractivity contribution >= 4 is 17.9 Å². The summed E-state index contributed by atoms with van der Waals surface area (Å²) in [6, 6.07) is 0. The molecule has 0 fully saturated rings. The Balaban J connectivity index is 4.37. The molecule has 0 saturated heterocycles. The summed E-state index contributed by atoms with van der Waals surface area (Å²) in [4.78, 5) is 37.8. The molecule has 0 heterocycles. The van der Waals surface area contributed by atoms with Crippen LogP contribution in [0.5, 0.6) is 0 Å². The molecule has 0 N–H and O–H groups in total. The molecule has 0 saturated carbocycles. The van der Waals surface area contributed by atoms with E-state index in [1.807, 2.05) is 0 Å². The number of ether oxygens (including phenoxy) is 3. The van der Waals surface area contributed by atoms with Crippen LogP contribution in [0.3, 0.4) is 0 Å². The van der Waals surface area contributed by atoms with Gasteiger partial charge in [-0.15, -0.1) is 0 Å². The molecule has 324 valence electrons. The van der Waals surface area contributed by atoms with Gasteiger partial charge in [0.05, 0.1) is 0 Å². The highest BCUT2D eigenvalue weighted by atomic mass is 16.6. The zero-order valence-corrected chi connectivity index (χ0v) is 36.9. The van der Waals surface area contributed by atoms with Gasteiger partial charge in [0.1, 0.15) is 13.2 Å². The van der Waals surface area contributed by atoms with Crippen molar-refractivity contribution in [1.29, 1.82) is 0 Å². The van der Waals surface area contributed by atoms with Crippen molar-refractivity contribution in [3.8, 4) is 0 Å². The third-order valence-electron chi connectivity index (χ3n) is 10.1. The molecule has 0 aliphatic rings. The van der Waals surface area contributed by atoms with Crippen LogP contribution in [0.15, 0.2) is 48.6 Å². The topological polar surface area (TPSA) is 78.9 Å². The van der Waals surface area contributed by atoms with E-state index in [0.717, 1.165) is 96.3 Å². The van der Waals surface area contributed by atoms with Crippen LogP contribution >= 0.6 is 0 Å². The lowest BCUT2D eigenvalue weighted by atomic mass is 10.1. The maximum absolute atomic E-state index is 12.7. The Labute approximate surface area is 346 Å². The highest BCUT2D eigenvalue weighted by Crippen LogP contribution is 2.14. The van der Waals surface area contributed by atoms with Crippen molar-refractivity contribution in [3.05, 3.63) is 48.6 Å². The summed E-state index contributed by atoms with van der Waals surface area (Å²) in [6.45, 7) is 6.47. The van der Waals surface area contributed by atoms with Crippen molar-refractivity contribution in [2.24, 2.45) is 0 Å². The molecule has 0 rings (SSSR count). The van der Waals surface area contributed by atoms with E-state index >= 15 is 0 Å². The summed E-state index contributed by atoms with van der Waals surface area (Å²) in [6.07, 6.45) is 52.3. The maximum atomic E-state index is 12.7. The minimum Gasteiger partial charge on any atom is -0.462 e. The Morgan fingerprint density at radius 3 is 1.14 bits per heavy atom. The summed E-state index contributed by atoms with van der Waals surface area (Å²) in [7, 11) is 0. The van der Waals surface area contributed by atoms with Crippen LogP contribution in [-0.4, -0.2) is 37.2 Å². The van der Waals surface area contributed by atoms with Crippen molar-refractivity contribution in [2.45, 2.75) is 239 Å². The number of esters is 3. The van der Waals surface area contributed by atoms with Crippen LogP contribution in [0.25, 0.3) is 0 Å². The molecule has 0 radical (unpaired) electrons. The summed E-state index contributed by atoms with van der Waals surface area (Å²) in [5.74, 6) is -0.902. The van der Waals surface area contributed by atoms with Gasteiger partial charge in [-0.3, -0.25) is 14.4 Å². The van der Waals surface area contributed by atoms with E-state index < -0.39 is 6.10 Å². The number of rotatable bonds is 42. The number of allylic oxidation sites excluding steroid dienone is 8. The van der Waals surface area contributed by atoms with Gasteiger partial charge in [-0.25, -0.2) is 0 Å². The predicted octanol–water partition coefficient (Wildman–Crippen LogP) is 15.1. The Morgan fingerprint density at radius 2 is 0.696 bits per heavy atom. The van der Waals surface area contributed by atoms with Gasteiger partial charge < -0.3 is 14.2 Å². The monoisotopic (exact) mass is 785 g/mol. The predicted molar refractivity (Wildman–Crippen MR) is 238 cm³/mol. The first-order chi connectivity index (χ1) is 27.5. The van der Waals surface area contributed by atoms with Crippen LogP contribution in [0.2, 0.25) is 0 Å². The van der Waals surface area contributed by atoms with Crippen LogP contribution in [0.1, 0.15) is 233 Å². The summed E-state index contributed by atoms with van der Waals surface area (Å²) >= 11 is 0. The van der Waals surface area contributed by atoms with E-state index in [2.05, 4.69) is 69.4 Å². The molecular formula is C50H88O6. The first-order valence-electron chi connectivity index (χ1n) is 23.6. The van der Waals surface area contributed by atoms with Crippen molar-refractivity contribution in [3.63, 3.8) is 0 Å². The second kappa shape index (κ2) is 45.1. The third-order valence-corrected chi connectivity index (χ3v) is 10.1. The molecule has 1 unspecified atom stereocenters. The lowest BCUT2D eigenvalue weighted by molar-refractivity contribution is -0.167. The molecule has 56 heavy (non-hydrogen) atoms. The molecule has 0 aliphatic heterocycles. The molecule has 0 aromatic heterocycles. The molecule has 6 heteroatoms. The van der Waals surface area contributed by atoms with Gasteiger partial charge >= 0.3 is 17.9 Å². The first-order valence-corrected chi connectivity index (χ1v) is 23.6. The van der Waals surface area contributed by atoms with Crippen molar-refractivity contribution in [1.82, 2.24) is 0 Å². The third kappa shape index (κ3) is 42.5. The zero-order chi connectivity index (χ0) is 40.8. The molecule has 1 atom stereocenters. The zero-order valence-electron chi connectivity index (χ0n) is 36.9.